The maximum Gasteiger partial charge on any atom is 0.325 e. The lowest BCUT2D eigenvalue weighted by atomic mass is 10.0. The third-order valence-electron chi connectivity index (χ3n) is 5.56. The van der Waals surface area contributed by atoms with Gasteiger partial charge in [0.25, 0.3) is 0 Å². The molecule has 0 bridgehead atoms. The van der Waals surface area contributed by atoms with Crippen LogP contribution in [-0.4, -0.2) is 69.5 Å². The molecule has 36 heavy (non-hydrogen) atoms. The van der Waals surface area contributed by atoms with Crippen molar-refractivity contribution in [2.75, 3.05) is 6.54 Å². The molecule has 9 N–H and O–H groups in total. The average molecular weight is 502 g/mol. The van der Waals surface area contributed by atoms with Crippen molar-refractivity contribution in [3.05, 3.63) is 54.1 Å². The summed E-state index contributed by atoms with van der Waals surface area (Å²) in [7, 11) is 0. The van der Waals surface area contributed by atoms with E-state index in [1.807, 2.05) is 30.3 Å². The Bertz CT molecular complexity index is 984. The minimum Gasteiger partial charge on any atom is -0.480 e. The largest absolute Gasteiger partial charge is 0.480 e. The van der Waals surface area contributed by atoms with E-state index in [9.17, 15) is 19.2 Å². The monoisotopic (exact) mass is 501 g/mol. The molecule has 196 valence electrons. The second kappa shape index (κ2) is 14.6. The molecule has 0 saturated carbocycles. The standard InChI is InChI=1S/C24H35N7O5/c1-15(24(35)36)29-22(33)19(9-5-6-10-25)30-23(34)20(12-17-13-27-14-28-17)31-21(32)18(26)11-16-7-3-2-4-8-16/h2-4,7-8,13-15,18-20H,5-6,9-12,25-26H2,1H3,(H,27,28)(H,29,33)(H,30,34)(H,31,32)(H,35,36). The normalized spacial score (nSPS) is 14.2. The SMILES string of the molecule is CC(NC(=O)C(CCCCN)NC(=O)C(Cc1cnc[nH]1)NC(=O)C(N)Cc1ccccc1)C(=O)O. The van der Waals surface area contributed by atoms with Crippen LogP contribution in [0.3, 0.4) is 0 Å². The van der Waals surface area contributed by atoms with Gasteiger partial charge in [0.15, 0.2) is 0 Å². The summed E-state index contributed by atoms with van der Waals surface area (Å²) in [5, 5.41) is 16.8. The first-order chi connectivity index (χ1) is 17.2. The highest BCUT2D eigenvalue weighted by molar-refractivity contribution is 5.94. The lowest BCUT2D eigenvalue weighted by Crippen LogP contribution is -2.57. The van der Waals surface area contributed by atoms with E-state index >= 15 is 0 Å². The number of carboxylic acid groups (broad SMARTS) is 1. The Labute approximate surface area is 209 Å². The van der Waals surface area contributed by atoms with Crippen LogP contribution < -0.4 is 27.4 Å². The zero-order valence-electron chi connectivity index (χ0n) is 20.3. The molecule has 0 aliphatic heterocycles. The number of hydrogen-bond acceptors (Lipinski definition) is 7. The number of nitrogens with one attached hydrogen (secondary N) is 4. The van der Waals surface area contributed by atoms with E-state index in [1.165, 1.54) is 19.4 Å². The zero-order chi connectivity index (χ0) is 26.5. The van der Waals surface area contributed by atoms with Gasteiger partial charge in [-0.05, 0) is 44.7 Å². The van der Waals surface area contributed by atoms with Gasteiger partial charge in [0.05, 0.1) is 12.4 Å². The van der Waals surface area contributed by atoms with Crippen molar-refractivity contribution in [2.45, 2.75) is 63.2 Å². The first kappa shape index (κ1) is 28.5. The molecule has 1 heterocycles. The minimum absolute atomic E-state index is 0.0816. The highest BCUT2D eigenvalue weighted by atomic mass is 16.4. The summed E-state index contributed by atoms with van der Waals surface area (Å²) in [6, 6.07) is 5.15. The Morgan fingerprint density at radius 3 is 2.25 bits per heavy atom. The second-order valence-corrected chi connectivity index (χ2v) is 8.55. The summed E-state index contributed by atoms with van der Waals surface area (Å²) in [4.78, 5) is 56.8. The van der Waals surface area contributed by atoms with Gasteiger partial charge < -0.3 is 37.5 Å². The minimum atomic E-state index is -1.20. The van der Waals surface area contributed by atoms with E-state index in [0.717, 1.165) is 5.56 Å². The van der Waals surface area contributed by atoms with Crippen LogP contribution >= 0.6 is 0 Å². The molecule has 4 unspecified atom stereocenters. The number of aliphatic carboxylic acids is 1. The highest BCUT2D eigenvalue weighted by Gasteiger charge is 2.29. The zero-order valence-corrected chi connectivity index (χ0v) is 20.3. The highest BCUT2D eigenvalue weighted by Crippen LogP contribution is 2.07. The van der Waals surface area contributed by atoms with Gasteiger partial charge in [-0.2, -0.15) is 0 Å². The Morgan fingerprint density at radius 1 is 0.972 bits per heavy atom. The van der Waals surface area contributed by atoms with Gasteiger partial charge >= 0.3 is 5.97 Å². The Hall–Kier alpha value is -3.77. The van der Waals surface area contributed by atoms with Gasteiger partial charge in [0.2, 0.25) is 17.7 Å². The number of carbonyl (C=O) groups is 4. The number of carbonyl (C=O) groups excluding carboxylic acids is 3. The number of carboxylic acids is 1. The fraction of sp³-hybridized carbons (Fsp3) is 0.458. The van der Waals surface area contributed by atoms with Gasteiger partial charge in [-0.1, -0.05) is 30.3 Å². The number of aromatic amines is 1. The summed E-state index contributed by atoms with van der Waals surface area (Å²) in [5.74, 6) is -2.97. The van der Waals surface area contributed by atoms with Crippen molar-refractivity contribution in [1.29, 1.82) is 0 Å². The molecule has 12 heteroatoms. The van der Waals surface area contributed by atoms with Crippen LogP contribution in [0, 0.1) is 0 Å². The van der Waals surface area contributed by atoms with Gasteiger partial charge in [-0.25, -0.2) is 4.98 Å². The van der Waals surface area contributed by atoms with Crippen molar-refractivity contribution in [3.8, 4) is 0 Å². The third kappa shape index (κ3) is 9.47. The smallest absolute Gasteiger partial charge is 0.325 e. The third-order valence-corrected chi connectivity index (χ3v) is 5.56. The van der Waals surface area contributed by atoms with E-state index in [0.29, 0.717) is 25.1 Å². The van der Waals surface area contributed by atoms with Crippen LogP contribution in [0.5, 0.6) is 0 Å². The fourth-order valence-corrected chi connectivity index (χ4v) is 3.47. The van der Waals surface area contributed by atoms with Gasteiger partial charge in [-0.15, -0.1) is 0 Å². The molecule has 1 aromatic heterocycles. The predicted molar refractivity (Wildman–Crippen MR) is 132 cm³/mol. The quantitative estimate of drug-likeness (QED) is 0.154. The molecular formula is C24H35N7O5. The van der Waals surface area contributed by atoms with Gasteiger partial charge in [0, 0.05) is 18.3 Å². The molecular weight excluding hydrogens is 466 g/mol. The number of unbranched alkanes of at least 4 members (excludes halogenated alkanes) is 1. The molecule has 0 aliphatic carbocycles. The van der Waals surface area contributed by atoms with Crippen molar-refractivity contribution >= 4 is 23.7 Å². The lowest BCUT2D eigenvalue weighted by Gasteiger charge is -2.24. The average Bonchev–Trinajstić information content (AvgIpc) is 3.36. The number of nitrogens with two attached hydrogens (primary N) is 2. The van der Waals surface area contributed by atoms with E-state index < -0.39 is 47.9 Å². The number of imidazole rings is 1. The molecule has 0 spiro atoms. The fourth-order valence-electron chi connectivity index (χ4n) is 3.47. The number of amides is 3. The van der Waals surface area contributed by atoms with Crippen LogP contribution in [0.15, 0.2) is 42.9 Å². The predicted octanol–water partition coefficient (Wildman–Crippen LogP) is -0.790. The Balaban J connectivity index is 2.13. The van der Waals surface area contributed by atoms with Crippen molar-refractivity contribution in [2.24, 2.45) is 11.5 Å². The number of benzene rings is 1. The van der Waals surface area contributed by atoms with E-state index in [1.54, 1.807) is 0 Å². The molecule has 0 fully saturated rings. The molecule has 2 rings (SSSR count). The van der Waals surface area contributed by atoms with Crippen LogP contribution in [0.4, 0.5) is 0 Å². The first-order valence-electron chi connectivity index (χ1n) is 11.8. The van der Waals surface area contributed by atoms with Gasteiger partial charge in [-0.3, -0.25) is 19.2 Å². The maximum absolute atomic E-state index is 13.2. The topological polar surface area (TPSA) is 205 Å². The van der Waals surface area contributed by atoms with Crippen molar-refractivity contribution in [1.82, 2.24) is 25.9 Å². The maximum atomic E-state index is 13.2. The first-order valence-corrected chi connectivity index (χ1v) is 11.8. The van der Waals surface area contributed by atoms with E-state index in [4.69, 9.17) is 16.6 Å². The van der Waals surface area contributed by atoms with E-state index in [-0.39, 0.29) is 19.3 Å². The van der Waals surface area contributed by atoms with Crippen LogP contribution in [-0.2, 0) is 32.0 Å². The van der Waals surface area contributed by atoms with Crippen molar-refractivity contribution in [3.63, 3.8) is 0 Å². The molecule has 2 aromatic rings. The summed E-state index contributed by atoms with van der Waals surface area (Å²) >= 11 is 0. The lowest BCUT2D eigenvalue weighted by molar-refractivity contribution is -0.141. The number of H-pyrrole nitrogens is 1. The summed E-state index contributed by atoms with van der Waals surface area (Å²) in [6.07, 6.45) is 4.74. The van der Waals surface area contributed by atoms with E-state index in [2.05, 4.69) is 25.9 Å². The number of rotatable bonds is 15. The van der Waals surface area contributed by atoms with Gasteiger partial charge in [0.1, 0.15) is 18.1 Å². The second-order valence-electron chi connectivity index (χ2n) is 8.55. The van der Waals surface area contributed by atoms with Crippen molar-refractivity contribution < 1.29 is 24.3 Å². The van der Waals surface area contributed by atoms with Crippen LogP contribution in [0.25, 0.3) is 0 Å². The molecule has 0 saturated heterocycles. The summed E-state index contributed by atoms with van der Waals surface area (Å²) < 4.78 is 0. The molecule has 0 radical (unpaired) electrons. The summed E-state index contributed by atoms with van der Waals surface area (Å²) in [6.45, 7) is 1.74. The number of aromatic nitrogens is 2. The Kier molecular flexibility index (Phi) is 11.5. The number of nitrogens with zero attached hydrogens (tertiary/aromatic N) is 1. The van der Waals surface area contributed by atoms with Crippen LogP contribution in [0.1, 0.15) is 37.4 Å². The molecule has 0 aliphatic rings. The molecule has 4 atom stereocenters. The molecule has 12 nitrogen and oxygen atoms in total. The number of hydrogen-bond donors (Lipinski definition) is 7. The molecule has 3 amide bonds. The van der Waals surface area contributed by atoms with Crippen LogP contribution in [0.2, 0.25) is 0 Å². The molecule has 1 aromatic carbocycles. The Morgan fingerprint density at radius 2 is 1.64 bits per heavy atom. The summed E-state index contributed by atoms with van der Waals surface area (Å²) in [5.41, 5.74) is 13.1.